The molecule has 0 saturated carbocycles. The van der Waals surface area contributed by atoms with E-state index in [2.05, 4.69) is 4.74 Å². The first-order valence-corrected chi connectivity index (χ1v) is 7.87. The maximum atomic E-state index is 12.7. The van der Waals surface area contributed by atoms with E-state index in [9.17, 15) is 22.0 Å². The van der Waals surface area contributed by atoms with Gasteiger partial charge in [0.15, 0.2) is 34.8 Å². The van der Waals surface area contributed by atoms with Crippen LogP contribution in [0.4, 0.5) is 22.0 Å². The molecule has 2 aromatic rings. The maximum Gasteiger partial charge on any atom is 0.194 e. The highest BCUT2D eigenvalue weighted by Gasteiger charge is 2.09. The minimum atomic E-state index is -1.41. The Bertz CT molecular complexity index is 596. The lowest BCUT2D eigenvalue weighted by atomic mass is 10.2. The molecule has 0 aliphatic heterocycles. The van der Waals surface area contributed by atoms with Gasteiger partial charge < -0.3 is 4.74 Å². The van der Waals surface area contributed by atoms with Gasteiger partial charge in [-0.3, -0.25) is 0 Å². The molecule has 0 unspecified atom stereocenters. The molecule has 0 heterocycles. The number of rotatable bonds is 1. The largest absolute Gasteiger partial charge is 0.491 e. The van der Waals surface area contributed by atoms with Crippen molar-refractivity contribution in [3.63, 3.8) is 0 Å². The van der Waals surface area contributed by atoms with Crippen LogP contribution in [0.5, 0.6) is 5.75 Å². The van der Waals surface area contributed by atoms with E-state index in [1.54, 1.807) is 6.92 Å². The van der Waals surface area contributed by atoms with Crippen molar-refractivity contribution in [3.8, 4) is 5.75 Å². The van der Waals surface area contributed by atoms with E-state index >= 15 is 0 Å². The SMILES string of the molecule is CC.CC.COc1c(F)cc(C)cc1F.Cc1cc(F)c(F)c(F)c1. The second-order valence-electron chi connectivity index (χ2n) is 4.30. The highest BCUT2D eigenvalue weighted by atomic mass is 19.2. The summed E-state index contributed by atoms with van der Waals surface area (Å²) in [4.78, 5) is 0. The summed E-state index contributed by atoms with van der Waals surface area (Å²) in [7, 11) is 1.23. The summed E-state index contributed by atoms with van der Waals surface area (Å²) in [6.07, 6.45) is 0. The van der Waals surface area contributed by atoms with Gasteiger partial charge in [0.25, 0.3) is 0 Å². The van der Waals surface area contributed by atoms with Crippen LogP contribution >= 0.6 is 0 Å². The third-order valence-electron chi connectivity index (χ3n) is 2.47. The van der Waals surface area contributed by atoms with Crippen molar-refractivity contribution in [1.82, 2.24) is 0 Å². The molecule has 0 bridgehead atoms. The fourth-order valence-electron chi connectivity index (χ4n) is 1.56. The van der Waals surface area contributed by atoms with Crippen LogP contribution in [-0.4, -0.2) is 7.11 Å². The molecule has 0 fully saturated rings. The highest BCUT2D eigenvalue weighted by Crippen LogP contribution is 2.21. The summed E-state index contributed by atoms with van der Waals surface area (Å²) < 4.78 is 66.6. The van der Waals surface area contributed by atoms with Gasteiger partial charge in [0.05, 0.1) is 7.11 Å². The van der Waals surface area contributed by atoms with Gasteiger partial charge >= 0.3 is 0 Å². The second-order valence-corrected chi connectivity index (χ2v) is 4.30. The number of hydrogen-bond acceptors (Lipinski definition) is 1. The van der Waals surface area contributed by atoms with Crippen LogP contribution < -0.4 is 4.74 Å². The Kier molecular flexibility index (Phi) is 13.3. The highest BCUT2D eigenvalue weighted by molar-refractivity contribution is 5.30. The Morgan fingerprint density at radius 2 is 0.880 bits per heavy atom. The van der Waals surface area contributed by atoms with E-state index in [1.165, 1.54) is 26.2 Å². The first-order valence-electron chi connectivity index (χ1n) is 7.87. The molecule has 2 aromatic carbocycles. The monoisotopic (exact) mass is 364 g/mol. The second kappa shape index (κ2) is 13.2. The van der Waals surface area contributed by atoms with Crippen molar-refractivity contribution < 1.29 is 26.7 Å². The molecular formula is C19H25F5O. The third-order valence-corrected chi connectivity index (χ3v) is 2.47. The van der Waals surface area contributed by atoms with Gasteiger partial charge in [0.1, 0.15) is 0 Å². The predicted octanol–water partition coefficient (Wildman–Crippen LogP) is 6.75. The molecule has 6 heteroatoms. The molecule has 0 aliphatic rings. The van der Waals surface area contributed by atoms with Crippen molar-refractivity contribution in [2.24, 2.45) is 0 Å². The van der Waals surface area contributed by atoms with Crippen LogP contribution in [0, 0.1) is 42.9 Å². The minimum absolute atomic E-state index is 0.324. The molecule has 0 aromatic heterocycles. The molecule has 142 valence electrons. The van der Waals surface area contributed by atoms with Crippen molar-refractivity contribution in [3.05, 3.63) is 64.5 Å². The molecule has 0 atom stereocenters. The molecule has 0 saturated heterocycles. The van der Waals surface area contributed by atoms with Gasteiger partial charge in [-0.1, -0.05) is 27.7 Å². The van der Waals surface area contributed by atoms with Gasteiger partial charge in [-0.25, -0.2) is 22.0 Å². The van der Waals surface area contributed by atoms with E-state index in [4.69, 9.17) is 0 Å². The molecule has 0 N–H and O–H groups in total. The van der Waals surface area contributed by atoms with Gasteiger partial charge in [0, 0.05) is 0 Å². The third kappa shape index (κ3) is 8.52. The van der Waals surface area contributed by atoms with Crippen LogP contribution in [0.1, 0.15) is 38.8 Å². The van der Waals surface area contributed by atoms with Gasteiger partial charge in [-0.05, 0) is 49.2 Å². The standard InChI is InChI=1S/C8H8F2O.C7H5F3.2C2H6/c1-5-3-6(9)8(11-2)7(10)4-5;1-4-2-5(8)7(10)6(9)3-4;2*1-2/h3-4H,1-2H3;2-3H,1H3;2*1-2H3. The summed E-state index contributed by atoms with van der Waals surface area (Å²) in [6.45, 7) is 11.1. The predicted molar refractivity (Wildman–Crippen MR) is 91.4 cm³/mol. The van der Waals surface area contributed by atoms with Crippen molar-refractivity contribution in [2.45, 2.75) is 41.5 Å². The summed E-state index contributed by atoms with van der Waals surface area (Å²) in [5.41, 5.74) is 0.914. The fraction of sp³-hybridized carbons (Fsp3) is 0.368. The Hall–Kier alpha value is -2.11. The van der Waals surface area contributed by atoms with Crippen LogP contribution in [0.2, 0.25) is 0 Å². The lowest BCUT2D eigenvalue weighted by Crippen LogP contribution is -1.92. The molecule has 25 heavy (non-hydrogen) atoms. The quantitative estimate of drug-likeness (QED) is 0.402. The van der Waals surface area contributed by atoms with E-state index in [0.29, 0.717) is 11.1 Å². The van der Waals surface area contributed by atoms with Crippen molar-refractivity contribution in [2.75, 3.05) is 7.11 Å². The molecule has 1 nitrogen and oxygen atoms in total. The molecule has 0 radical (unpaired) electrons. The van der Waals surface area contributed by atoms with E-state index in [0.717, 1.165) is 12.1 Å². The zero-order chi connectivity index (χ0) is 20.2. The minimum Gasteiger partial charge on any atom is -0.491 e. The zero-order valence-electron chi connectivity index (χ0n) is 15.6. The summed E-state index contributed by atoms with van der Waals surface area (Å²) >= 11 is 0. The smallest absolute Gasteiger partial charge is 0.194 e. The van der Waals surface area contributed by atoms with E-state index in [1.807, 2.05) is 27.7 Å². The molecule has 0 aliphatic carbocycles. The number of benzene rings is 2. The number of halogens is 5. The lowest BCUT2D eigenvalue weighted by Gasteiger charge is -2.03. The number of aryl methyl sites for hydroxylation is 2. The van der Waals surface area contributed by atoms with E-state index in [-0.39, 0.29) is 5.75 Å². The number of ether oxygens (including phenoxy) is 1. The van der Waals surface area contributed by atoms with E-state index < -0.39 is 29.1 Å². The van der Waals surface area contributed by atoms with Gasteiger partial charge in [-0.2, -0.15) is 0 Å². The van der Waals surface area contributed by atoms with Crippen LogP contribution in [-0.2, 0) is 0 Å². The topological polar surface area (TPSA) is 9.23 Å². The fourth-order valence-corrected chi connectivity index (χ4v) is 1.56. The van der Waals surface area contributed by atoms with Crippen molar-refractivity contribution in [1.29, 1.82) is 0 Å². The molecule has 0 amide bonds. The Labute approximate surface area is 146 Å². The average molecular weight is 364 g/mol. The molecule has 2 rings (SSSR count). The Balaban J connectivity index is 0. The van der Waals surface area contributed by atoms with Crippen LogP contribution in [0.3, 0.4) is 0 Å². The van der Waals surface area contributed by atoms with Gasteiger partial charge in [-0.15, -0.1) is 0 Å². The number of hydrogen-bond donors (Lipinski definition) is 0. The average Bonchev–Trinajstić information content (AvgIpc) is 2.56. The maximum absolute atomic E-state index is 12.7. The number of methoxy groups -OCH3 is 1. The lowest BCUT2D eigenvalue weighted by molar-refractivity contribution is 0.359. The molecular weight excluding hydrogens is 339 g/mol. The summed E-state index contributed by atoms with van der Waals surface area (Å²) in [6, 6.07) is 4.33. The summed E-state index contributed by atoms with van der Waals surface area (Å²) in [5.74, 6) is -5.34. The van der Waals surface area contributed by atoms with Crippen LogP contribution in [0.15, 0.2) is 24.3 Å². The van der Waals surface area contributed by atoms with Crippen LogP contribution in [0.25, 0.3) is 0 Å². The first kappa shape index (κ1) is 25.1. The zero-order valence-corrected chi connectivity index (χ0v) is 15.6. The van der Waals surface area contributed by atoms with Gasteiger partial charge in [0.2, 0.25) is 0 Å². The molecule has 0 spiro atoms. The normalized spacial score (nSPS) is 8.80. The summed E-state index contributed by atoms with van der Waals surface area (Å²) in [5, 5.41) is 0. The Morgan fingerprint density at radius 1 is 0.600 bits per heavy atom. The van der Waals surface area contributed by atoms with Crippen molar-refractivity contribution >= 4 is 0 Å². The first-order chi connectivity index (χ1) is 11.8. The Morgan fingerprint density at radius 3 is 1.16 bits per heavy atom.